The average Bonchev–Trinajstić information content (AvgIpc) is 2.11. The van der Waals surface area contributed by atoms with E-state index in [1.165, 1.54) is 0 Å². The van der Waals surface area contributed by atoms with Crippen molar-refractivity contribution in [2.75, 3.05) is 13.1 Å². The van der Waals surface area contributed by atoms with Gasteiger partial charge in [-0.2, -0.15) is 0 Å². The number of hydrogen-bond donors (Lipinski definition) is 6. The Morgan fingerprint density at radius 3 is 1.53 bits per heavy atom. The van der Waals surface area contributed by atoms with Crippen LogP contribution in [0.4, 0.5) is 0 Å². The van der Waals surface area contributed by atoms with Crippen LogP contribution in [0.5, 0.6) is 0 Å². The van der Waals surface area contributed by atoms with Gasteiger partial charge in [0.1, 0.15) is 0 Å². The number of ether oxygens (including phenoxy) is 1. The summed E-state index contributed by atoms with van der Waals surface area (Å²) in [5.41, 5.74) is 0. The van der Waals surface area contributed by atoms with E-state index in [0.29, 0.717) is 0 Å². The molecule has 0 bridgehead atoms. The van der Waals surface area contributed by atoms with Crippen LogP contribution in [-0.4, -0.2) is 58.3 Å². The zero-order valence-corrected chi connectivity index (χ0v) is 7.58. The van der Waals surface area contributed by atoms with E-state index in [0.717, 1.165) is 0 Å². The van der Waals surface area contributed by atoms with Gasteiger partial charge in [0, 0.05) is 0 Å². The van der Waals surface area contributed by atoms with Crippen molar-refractivity contribution < 1.29 is 34.8 Å². The Balaban J connectivity index is 3.63. The maximum Gasteiger partial charge on any atom is 0.327 e. The minimum Gasteiger partial charge on any atom is -0.391 e. The molecule has 0 spiro atoms. The summed E-state index contributed by atoms with van der Waals surface area (Å²) in [6, 6.07) is 0. The third-order valence-electron chi connectivity index (χ3n) is 1.09. The molecule has 0 aromatic heterocycles. The summed E-state index contributed by atoms with van der Waals surface area (Å²) < 4.78 is 4.10. The van der Waals surface area contributed by atoms with Gasteiger partial charge in [0.05, 0.1) is 13.1 Å². The van der Waals surface area contributed by atoms with Crippen LogP contribution in [-0.2, 0) is 14.3 Å². The summed E-state index contributed by atoms with van der Waals surface area (Å²) in [5, 5.41) is 36.9. The quantitative estimate of drug-likeness (QED) is 0.150. The van der Waals surface area contributed by atoms with Gasteiger partial charge >= 0.3 is 11.9 Å². The predicted octanol–water partition coefficient (Wildman–Crippen LogP) is -4.23. The highest BCUT2D eigenvalue weighted by Crippen LogP contribution is 1.80. The second kappa shape index (κ2) is 7.23. The molecule has 6 N–H and O–H groups in total. The molecule has 0 amide bonds. The lowest BCUT2D eigenvalue weighted by atomic mass is 10.6. The minimum absolute atomic E-state index is 0.564. The van der Waals surface area contributed by atoms with E-state index in [4.69, 9.17) is 20.4 Å². The maximum atomic E-state index is 10.7. The lowest BCUT2D eigenvalue weighted by molar-refractivity contribution is -0.161. The molecular weight excluding hydrogens is 212 g/mol. The molecule has 9 nitrogen and oxygen atoms in total. The molecule has 0 aromatic carbocycles. The molecular formula is C6H12N2O7. The summed E-state index contributed by atoms with van der Waals surface area (Å²) in [5.74, 6) is -2.05. The van der Waals surface area contributed by atoms with Crippen LogP contribution >= 0.6 is 0 Å². The molecule has 0 atom stereocenters. The predicted molar refractivity (Wildman–Crippen MR) is 43.6 cm³/mol. The van der Waals surface area contributed by atoms with Crippen molar-refractivity contribution in [2.45, 2.75) is 12.8 Å². The molecule has 0 saturated heterocycles. The Morgan fingerprint density at radius 2 is 1.27 bits per heavy atom. The van der Waals surface area contributed by atoms with Crippen LogP contribution in [0.1, 0.15) is 0 Å². The van der Waals surface area contributed by atoms with E-state index in [1.807, 2.05) is 10.6 Å². The van der Waals surface area contributed by atoms with Crippen molar-refractivity contribution in [3.8, 4) is 0 Å². The van der Waals surface area contributed by atoms with E-state index < -0.39 is 37.9 Å². The van der Waals surface area contributed by atoms with E-state index in [1.54, 1.807) is 0 Å². The number of carbonyl (C=O) groups excluding carboxylic acids is 2. The SMILES string of the molecule is O=C(CNC(O)O)OC(=O)CNC(O)O. The molecule has 88 valence electrons. The summed E-state index contributed by atoms with van der Waals surface area (Å²) in [6.45, 7) is -1.13. The van der Waals surface area contributed by atoms with E-state index >= 15 is 0 Å². The smallest absolute Gasteiger partial charge is 0.327 e. The Hall–Kier alpha value is -1.10. The summed E-state index contributed by atoms with van der Waals surface area (Å²) in [6.07, 6.45) is -3.77. The lowest BCUT2D eigenvalue weighted by Gasteiger charge is -2.07. The number of hydrogen-bond acceptors (Lipinski definition) is 9. The zero-order chi connectivity index (χ0) is 11.8. The molecule has 0 unspecified atom stereocenters. The lowest BCUT2D eigenvalue weighted by Crippen LogP contribution is -2.38. The molecule has 0 aromatic rings. The van der Waals surface area contributed by atoms with Gasteiger partial charge in [-0.05, 0) is 0 Å². The Bertz CT molecular complexity index is 196. The van der Waals surface area contributed by atoms with Crippen molar-refractivity contribution in [1.82, 2.24) is 10.6 Å². The molecule has 0 aliphatic carbocycles. The average molecular weight is 224 g/mol. The van der Waals surface area contributed by atoms with Crippen LogP contribution in [0, 0.1) is 0 Å². The van der Waals surface area contributed by atoms with E-state index in [-0.39, 0.29) is 0 Å². The fraction of sp³-hybridized carbons (Fsp3) is 0.667. The zero-order valence-electron chi connectivity index (χ0n) is 7.58. The van der Waals surface area contributed by atoms with Crippen molar-refractivity contribution in [3.63, 3.8) is 0 Å². The molecule has 0 rings (SSSR count). The molecule has 9 heteroatoms. The van der Waals surface area contributed by atoms with Gasteiger partial charge in [-0.1, -0.05) is 0 Å². The highest BCUT2D eigenvalue weighted by atomic mass is 16.6. The van der Waals surface area contributed by atoms with Crippen molar-refractivity contribution in [2.24, 2.45) is 0 Å². The normalized spacial score (nSPS) is 10.8. The molecule has 0 fully saturated rings. The van der Waals surface area contributed by atoms with Crippen LogP contribution < -0.4 is 10.6 Å². The first-order chi connectivity index (χ1) is 6.91. The summed E-state index contributed by atoms with van der Waals surface area (Å²) in [7, 11) is 0. The number of rotatable bonds is 6. The fourth-order valence-electron chi connectivity index (χ4n) is 0.548. The van der Waals surface area contributed by atoms with Crippen LogP contribution in [0.15, 0.2) is 0 Å². The highest BCUT2D eigenvalue weighted by Gasteiger charge is 2.11. The van der Waals surface area contributed by atoms with Gasteiger partial charge in [0.15, 0.2) is 0 Å². The number of nitrogens with one attached hydrogen (secondary N) is 2. The number of aliphatic hydroxyl groups is 4. The Kier molecular flexibility index (Phi) is 6.70. The first kappa shape index (κ1) is 13.9. The second-order valence-electron chi connectivity index (χ2n) is 2.36. The summed E-state index contributed by atoms with van der Waals surface area (Å²) in [4.78, 5) is 21.4. The van der Waals surface area contributed by atoms with Crippen molar-refractivity contribution >= 4 is 11.9 Å². The minimum atomic E-state index is -1.88. The number of esters is 2. The first-order valence-corrected chi connectivity index (χ1v) is 3.84. The number of carbonyl (C=O) groups is 2. The standard InChI is InChI=1S/C6H12N2O7/c9-3(1-7-5(11)12)15-4(10)2-8-6(13)14/h5-8,11-14H,1-2H2. The van der Waals surface area contributed by atoms with E-state index in [2.05, 4.69) is 4.74 Å². The second-order valence-corrected chi connectivity index (χ2v) is 2.36. The number of aliphatic hydroxyl groups excluding tert-OH is 2. The van der Waals surface area contributed by atoms with E-state index in [9.17, 15) is 9.59 Å². The van der Waals surface area contributed by atoms with Crippen molar-refractivity contribution in [3.05, 3.63) is 0 Å². The first-order valence-electron chi connectivity index (χ1n) is 3.84. The third-order valence-corrected chi connectivity index (χ3v) is 1.09. The largest absolute Gasteiger partial charge is 0.391 e. The van der Waals surface area contributed by atoms with Crippen LogP contribution in [0.2, 0.25) is 0 Å². The third kappa shape index (κ3) is 9.21. The van der Waals surface area contributed by atoms with Crippen molar-refractivity contribution in [1.29, 1.82) is 0 Å². The van der Waals surface area contributed by atoms with Gasteiger partial charge in [-0.25, -0.2) is 0 Å². The maximum absolute atomic E-state index is 10.7. The Morgan fingerprint density at radius 1 is 0.933 bits per heavy atom. The monoisotopic (exact) mass is 224 g/mol. The van der Waals surface area contributed by atoms with Crippen LogP contribution in [0.25, 0.3) is 0 Å². The highest BCUT2D eigenvalue weighted by molar-refractivity contribution is 5.87. The van der Waals surface area contributed by atoms with Crippen LogP contribution in [0.3, 0.4) is 0 Å². The topological polar surface area (TPSA) is 148 Å². The molecule has 0 aliphatic rings. The molecule has 15 heavy (non-hydrogen) atoms. The Labute approximate surface area is 84.3 Å². The summed E-state index contributed by atoms with van der Waals surface area (Å²) >= 11 is 0. The molecule has 0 aliphatic heterocycles. The molecule has 0 heterocycles. The van der Waals surface area contributed by atoms with Gasteiger partial charge in [-0.15, -0.1) is 0 Å². The van der Waals surface area contributed by atoms with Gasteiger partial charge in [0.25, 0.3) is 0 Å². The fourth-order valence-corrected chi connectivity index (χ4v) is 0.548. The molecule has 0 radical (unpaired) electrons. The molecule has 0 saturated carbocycles. The van der Waals surface area contributed by atoms with Gasteiger partial charge < -0.3 is 25.2 Å². The van der Waals surface area contributed by atoms with Gasteiger partial charge in [-0.3, -0.25) is 20.2 Å². The van der Waals surface area contributed by atoms with Gasteiger partial charge in [0.2, 0.25) is 12.8 Å².